The summed E-state index contributed by atoms with van der Waals surface area (Å²) in [5.41, 5.74) is 0.0821. The van der Waals surface area contributed by atoms with Crippen molar-refractivity contribution in [2.24, 2.45) is 0 Å². The van der Waals surface area contributed by atoms with Crippen LogP contribution in [-0.2, 0) is 12.6 Å². The molecule has 0 atom stereocenters. The molecule has 122 valence electrons. The highest BCUT2D eigenvalue weighted by Crippen LogP contribution is 2.40. The van der Waals surface area contributed by atoms with E-state index in [1.54, 1.807) is 16.8 Å². The molecule has 2 aromatic rings. The summed E-state index contributed by atoms with van der Waals surface area (Å²) >= 11 is 1.40. The van der Waals surface area contributed by atoms with Crippen LogP contribution in [0.25, 0.3) is 0 Å². The molecule has 1 aliphatic carbocycles. The molecule has 0 bridgehead atoms. The summed E-state index contributed by atoms with van der Waals surface area (Å²) < 4.78 is 38.7. The number of halogens is 3. The number of nitrogens with zero attached hydrogens (tertiary/aromatic N) is 2. The third-order valence-electron chi connectivity index (χ3n) is 3.50. The number of alkyl halides is 3. The molecule has 0 aliphatic heterocycles. The van der Waals surface area contributed by atoms with Crippen LogP contribution in [0.4, 0.5) is 13.2 Å². The van der Waals surface area contributed by atoms with Crippen molar-refractivity contribution in [1.82, 2.24) is 15.3 Å². The summed E-state index contributed by atoms with van der Waals surface area (Å²) in [6.07, 6.45) is -2.59. The number of hydrogen-bond donors (Lipinski definition) is 1. The minimum atomic E-state index is -4.48. The van der Waals surface area contributed by atoms with Crippen molar-refractivity contribution in [2.45, 2.75) is 31.4 Å². The first-order valence-electron chi connectivity index (χ1n) is 7.19. The van der Waals surface area contributed by atoms with E-state index >= 15 is 0 Å². The Hall–Kier alpha value is -1.96. The molecule has 0 spiro atoms. The van der Waals surface area contributed by atoms with Crippen LogP contribution in [0.15, 0.2) is 22.9 Å². The lowest BCUT2D eigenvalue weighted by atomic mass is 10.2. The van der Waals surface area contributed by atoms with Crippen molar-refractivity contribution in [2.75, 3.05) is 6.54 Å². The number of aromatic nitrogens is 2. The van der Waals surface area contributed by atoms with E-state index in [0.717, 1.165) is 18.9 Å². The van der Waals surface area contributed by atoms with Gasteiger partial charge in [-0.15, -0.1) is 0 Å². The number of thiophene rings is 1. The largest absolute Gasteiger partial charge is 0.433 e. The van der Waals surface area contributed by atoms with Crippen LogP contribution in [0.2, 0.25) is 0 Å². The van der Waals surface area contributed by atoms with Crippen molar-refractivity contribution < 1.29 is 18.0 Å². The van der Waals surface area contributed by atoms with E-state index in [-0.39, 0.29) is 30.6 Å². The van der Waals surface area contributed by atoms with E-state index in [4.69, 9.17) is 0 Å². The average Bonchev–Trinajstić information content (AvgIpc) is 3.20. The minimum Gasteiger partial charge on any atom is -0.352 e. The fraction of sp³-hybridized carbons (Fsp3) is 0.400. The Bertz CT molecular complexity index is 696. The van der Waals surface area contributed by atoms with Gasteiger partial charge in [-0.25, -0.2) is 9.97 Å². The Balaban J connectivity index is 1.67. The molecular formula is C15H14F3N3OS. The van der Waals surface area contributed by atoms with Crippen LogP contribution in [0.3, 0.4) is 0 Å². The van der Waals surface area contributed by atoms with Gasteiger partial charge in [0.25, 0.3) is 5.91 Å². The van der Waals surface area contributed by atoms with Gasteiger partial charge < -0.3 is 5.32 Å². The second-order valence-corrected chi connectivity index (χ2v) is 6.16. The van der Waals surface area contributed by atoms with Crippen LogP contribution in [-0.4, -0.2) is 22.4 Å². The molecule has 8 heteroatoms. The van der Waals surface area contributed by atoms with Crippen molar-refractivity contribution in [3.8, 4) is 0 Å². The zero-order chi connectivity index (χ0) is 16.4. The molecule has 3 rings (SSSR count). The van der Waals surface area contributed by atoms with Crippen LogP contribution in [0, 0.1) is 0 Å². The molecule has 23 heavy (non-hydrogen) atoms. The predicted molar refractivity (Wildman–Crippen MR) is 79.4 cm³/mol. The lowest BCUT2D eigenvalue weighted by Gasteiger charge is -2.10. The lowest BCUT2D eigenvalue weighted by molar-refractivity contribution is -0.141. The van der Waals surface area contributed by atoms with Crippen LogP contribution in [0.1, 0.15) is 46.3 Å². The van der Waals surface area contributed by atoms with Crippen molar-refractivity contribution in [3.63, 3.8) is 0 Å². The number of hydrogen-bond acceptors (Lipinski definition) is 4. The summed E-state index contributed by atoms with van der Waals surface area (Å²) in [6, 6.07) is 2.72. The Morgan fingerprint density at radius 2 is 2.13 bits per heavy atom. The van der Waals surface area contributed by atoms with Gasteiger partial charge in [-0.2, -0.15) is 24.5 Å². The molecule has 2 aromatic heterocycles. The highest BCUT2D eigenvalue weighted by molar-refractivity contribution is 7.08. The first-order chi connectivity index (χ1) is 10.9. The van der Waals surface area contributed by atoms with Crippen LogP contribution < -0.4 is 5.32 Å². The second-order valence-electron chi connectivity index (χ2n) is 5.38. The summed E-state index contributed by atoms with van der Waals surface area (Å²) in [4.78, 5) is 19.6. The fourth-order valence-corrected chi connectivity index (χ4v) is 2.78. The number of rotatable bonds is 5. The molecule has 1 aliphatic rings. The van der Waals surface area contributed by atoms with Gasteiger partial charge in [0.05, 0.1) is 0 Å². The molecule has 4 nitrogen and oxygen atoms in total. The van der Waals surface area contributed by atoms with E-state index in [2.05, 4.69) is 15.3 Å². The average molecular weight is 341 g/mol. The van der Waals surface area contributed by atoms with Gasteiger partial charge >= 0.3 is 6.18 Å². The highest BCUT2D eigenvalue weighted by Gasteiger charge is 2.35. The van der Waals surface area contributed by atoms with Crippen LogP contribution in [0.5, 0.6) is 0 Å². The van der Waals surface area contributed by atoms with Gasteiger partial charge in [0.15, 0.2) is 0 Å². The van der Waals surface area contributed by atoms with Gasteiger partial charge in [0.1, 0.15) is 11.5 Å². The third kappa shape index (κ3) is 4.07. The molecule has 0 aromatic carbocycles. The van der Waals surface area contributed by atoms with Gasteiger partial charge in [-0.1, -0.05) is 0 Å². The number of nitrogens with one attached hydrogen (secondary N) is 1. The molecule has 1 N–H and O–H groups in total. The maximum Gasteiger partial charge on any atom is 0.433 e. The molecule has 0 radical (unpaired) electrons. The van der Waals surface area contributed by atoms with E-state index < -0.39 is 11.9 Å². The molecule has 0 unspecified atom stereocenters. The molecule has 1 amide bonds. The predicted octanol–water partition coefficient (Wildman–Crippen LogP) is 3.41. The fourth-order valence-electron chi connectivity index (χ4n) is 2.15. The van der Waals surface area contributed by atoms with Crippen LogP contribution >= 0.6 is 11.3 Å². The van der Waals surface area contributed by atoms with Crippen molar-refractivity contribution in [3.05, 3.63) is 45.7 Å². The topological polar surface area (TPSA) is 54.9 Å². The standard InChI is InChI=1S/C15H14F3N3OS/c16-15(17,18)12-7-11(9-1-2-9)20-13(21-12)3-5-19-14(22)10-4-6-23-8-10/h4,6-9H,1-3,5H2,(H,19,22). The molecule has 2 heterocycles. The van der Waals surface area contributed by atoms with Crippen molar-refractivity contribution in [1.29, 1.82) is 0 Å². The first kappa shape index (κ1) is 15.9. The van der Waals surface area contributed by atoms with Gasteiger partial charge in [0.2, 0.25) is 0 Å². The third-order valence-corrected chi connectivity index (χ3v) is 4.18. The van der Waals surface area contributed by atoms with Gasteiger partial charge in [-0.05, 0) is 30.4 Å². The molecule has 1 fully saturated rings. The SMILES string of the molecule is O=C(NCCc1nc(C2CC2)cc(C(F)(F)F)n1)c1ccsc1. The van der Waals surface area contributed by atoms with Crippen molar-refractivity contribution >= 4 is 17.2 Å². The number of carbonyl (C=O) groups excluding carboxylic acids is 1. The first-order valence-corrected chi connectivity index (χ1v) is 8.13. The molecular weight excluding hydrogens is 327 g/mol. The molecule has 1 saturated carbocycles. The number of amides is 1. The van der Waals surface area contributed by atoms with Gasteiger partial charge in [-0.3, -0.25) is 4.79 Å². The summed E-state index contributed by atoms with van der Waals surface area (Å²) in [7, 11) is 0. The Labute approximate surface area is 134 Å². The maximum absolute atomic E-state index is 12.9. The van der Waals surface area contributed by atoms with E-state index in [0.29, 0.717) is 11.3 Å². The second kappa shape index (κ2) is 6.27. The monoisotopic (exact) mass is 341 g/mol. The quantitative estimate of drug-likeness (QED) is 0.907. The smallest absolute Gasteiger partial charge is 0.352 e. The Morgan fingerprint density at radius 3 is 2.74 bits per heavy atom. The van der Waals surface area contributed by atoms with E-state index in [9.17, 15) is 18.0 Å². The van der Waals surface area contributed by atoms with E-state index in [1.807, 2.05) is 0 Å². The van der Waals surface area contributed by atoms with Gasteiger partial charge in [0, 0.05) is 35.5 Å². The zero-order valence-corrected chi connectivity index (χ0v) is 12.9. The summed E-state index contributed by atoms with van der Waals surface area (Å²) in [5.74, 6) is -0.0220. The Morgan fingerprint density at radius 1 is 1.35 bits per heavy atom. The van der Waals surface area contributed by atoms with E-state index in [1.165, 1.54) is 11.3 Å². The minimum absolute atomic E-state index is 0.109. The normalized spacial score (nSPS) is 14.7. The number of carbonyl (C=O) groups is 1. The lowest BCUT2D eigenvalue weighted by Crippen LogP contribution is -2.26. The maximum atomic E-state index is 12.9. The summed E-state index contributed by atoms with van der Waals surface area (Å²) in [6.45, 7) is 0.195. The molecule has 0 saturated heterocycles. The Kier molecular flexibility index (Phi) is 4.34. The highest BCUT2D eigenvalue weighted by atomic mass is 32.1. The zero-order valence-electron chi connectivity index (χ0n) is 12.1. The summed E-state index contributed by atoms with van der Waals surface area (Å²) in [5, 5.41) is 6.16.